The van der Waals surface area contributed by atoms with E-state index in [1.807, 2.05) is 0 Å². The van der Waals surface area contributed by atoms with Crippen LogP contribution in [-0.4, -0.2) is 28.9 Å². The predicted molar refractivity (Wildman–Crippen MR) is 80.7 cm³/mol. The first-order valence-electron chi connectivity index (χ1n) is 7.65. The summed E-state index contributed by atoms with van der Waals surface area (Å²) in [7, 11) is 1.66. The molecule has 1 aliphatic rings. The number of rotatable bonds is 4. The zero-order valence-corrected chi connectivity index (χ0v) is 13.0. The third kappa shape index (κ3) is 3.46. The Hall–Kier alpha value is -1.91. The van der Waals surface area contributed by atoms with Crippen molar-refractivity contribution in [1.82, 2.24) is 4.90 Å². The Bertz CT molecular complexity index is 561. The number of carbonyl (C=O) groups excluding carboxylic acids is 1. The summed E-state index contributed by atoms with van der Waals surface area (Å²) in [6.07, 6.45) is 2.46. The molecule has 0 heterocycles. The number of amides is 1. The maximum Gasteiger partial charge on any atom is 0.306 e. The van der Waals surface area contributed by atoms with Gasteiger partial charge in [-0.1, -0.05) is 24.6 Å². The van der Waals surface area contributed by atoms with E-state index in [-0.39, 0.29) is 23.7 Å². The maximum absolute atomic E-state index is 13.9. The number of halogens is 1. The molecule has 0 bridgehead atoms. The molecule has 3 atom stereocenters. The van der Waals surface area contributed by atoms with E-state index in [2.05, 4.69) is 0 Å². The minimum absolute atomic E-state index is 0.0956. The number of carbonyl (C=O) groups is 2. The van der Waals surface area contributed by atoms with Crippen molar-refractivity contribution in [2.45, 2.75) is 38.6 Å². The number of hydrogen-bond acceptors (Lipinski definition) is 2. The molecule has 0 aromatic heterocycles. The summed E-state index contributed by atoms with van der Waals surface area (Å²) >= 11 is 0. The molecule has 1 aliphatic carbocycles. The number of carboxylic acid groups (broad SMARTS) is 1. The van der Waals surface area contributed by atoms with Crippen LogP contribution in [-0.2, 0) is 9.59 Å². The van der Waals surface area contributed by atoms with Gasteiger partial charge in [-0.25, -0.2) is 4.39 Å². The van der Waals surface area contributed by atoms with Gasteiger partial charge in [0.15, 0.2) is 0 Å². The first-order chi connectivity index (χ1) is 10.4. The third-order valence-corrected chi connectivity index (χ3v) is 4.66. The minimum atomic E-state index is -0.831. The molecule has 0 spiro atoms. The summed E-state index contributed by atoms with van der Waals surface area (Å²) < 4.78 is 13.9. The molecular formula is C17H22FNO3. The first-order valence-corrected chi connectivity index (χ1v) is 7.65. The van der Waals surface area contributed by atoms with Crippen molar-refractivity contribution in [3.05, 3.63) is 35.6 Å². The highest BCUT2D eigenvalue weighted by molar-refractivity contribution is 5.80. The normalized spacial score (nSPS) is 22.9. The summed E-state index contributed by atoms with van der Waals surface area (Å²) in [5.74, 6) is -1.99. The number of hydrogen-bond donors (Lipinski definition) is 1. The highest BCUT2D eigenvalue weighted by atomic mass is 19.1. The Labute approximate surface area is 129 Å². The number of nitrogens with zero attached hydrogens (tertiary/aromatic N) is 1. The summed E-state index contributed by atoms with van der Waals surface area (Å²) in [5.41, 5.74) is 0.476. The van der Waals surface area contributed by atoms with E-state index in [0.29, 0.717) is 24.8 Å². The van der Waals surface area contributed by atoms with Crippen LogP contribution in [0.25, 0.3) is 0 Å². The molecule has 5 heteroatoms. The van der Waals surface area contributed by atoms with Gasteiger partial charge in [-0.15, -0.1) is 0 Å². The van der Waals surface area contributed by atoms with E-state index in [4.69, 9.17) is 5.11 Å². The van der Waals surface area contributed by atoms with Gasteiger partial charge in [0, 0.05) is 18.5 Å². The molecule has 1 amide bonds. The largest absolute Gasteiger partial charge is 0.481 e. The van der Waals surface area contributed by atoms with Gasteiger partial charge >= 0.3 is 5.97 Å². The van der Waals surface area contributed by atoms with Crippen molar-refractivity contribution in [2.75, 3.05) is 7.05 Å². The molecule has 1 saturated carbocycles. The van der Waals surface area contributed by atoms with Gasteiger partial charge in [-0.2, -0.15) is 0 Å². The fraction of sp³-hybridized carbons (Fsp3) is 0.529. The maximum atomic E-state index is 13.9. The lowest BCUT2D eigenvalue weighted by Crippen LogP contribution is -2.38. The molecule has 22 heavy (non-hydrogen) atoms. The van der Waals surface area contributed by atoms with Crippen molar-refractivity contribution in [1.29, 1.82) is 0 Å². The van der Waals surface area contributed by atoms with E-state index >= 15 is 0 Å². The molecule has 1 aromatic carbocycles. The quantitative estimate of drug-likeness (QED) is 0.929. The van der Waals surface area contributed by atoms with Gasteiger partial charge in [-0.3, -0.25) is 9.59 Å². The molecular weight excluding hydrogens is 285 g/mol. The monoisotopic (exact) mass is 307 g/mol. The molecule has 0 aliphatic heterocycles. The fourth-order valence-electron chi connectivity index (χ4n) is 3.14. The van der Waals surface area contributed by atoms with E-state index in [1.165, 1.54) is 11.0 Å². The zero-order chi connectivity index (χ0) is 16.3. The van der Waals surface area contributed by atoms with Crippen LogP contribution in [0.4, 0.5) is 4.39 Å². The van der Waals surface area contributed by atoms with Crippen molar-refractivity contribution < 1.29 is 19.1 Å². The van der Waals surface area contributed by atoms with E-state index in [0.717, 1.165) is 6.42 Å². The summed E-state index contributed by atoms with van der Waals surface area (Å²) in [6, 6.07) is 6.04. The van der Waals surface area contributed by atoms with Gasteiger partial charge in [0.05, 0.1) is 12.0 Å². The van der Waals surface area contributed by atoms with Gasteiger partial charge < -0.3 is 10.0 Å². The SMILES string of the molecule is C[C@H](c1ccccc1F)N(C)C(=O)[C@@H]1CCC[C@H](C(=O)O)C1. The molecule has 1 fully saturated rings. The minimum Gasteiger partial charge on any atom is -0.481 e. The van der Waals surface area contributed by atoms with Crippen LogP contribution >= 0.6 is 0 Å². The van der Waals surface area contributed by atoms with Gasteiger partial charge in [0.25, 0.3) is 0 Å². The molecule has 0 unspecified atom stereocenters. The van der Waals surface area contributed by atoms with Crippen molar-refractivity contribution in [3.8, 4) is 0 Å². The van der Waals surface area contributed by atoms with Crippen molar-refractivity contribution in [3.63, 3.8) is 0 Å². The van der Waals surface area contributed by atoms with Crippen LogP contribution in [0.5, 0.6) is 0 Å². The van der Waals surface area contributed by atoms with Crippen LogP contribution in [0.2, 0.25) is 0 Å². The van der Waals surface area contributed by atoms with Gasteiger partial charge in [-0.05, 0) is 32.3 Å². The standard InChI is InChI=1S/C17H22FNO3/c1-11(14-8-3-4-9-15(14)18)19(2)16(20)12-6-5-7-13(10-12)17(21)22/h3-4,8-9,11-13H,5-7,10H2,1-2H3,(H,21,22)/t11-,12-,13+/m1/s1. The smallest absolute Gasteiger partial charge is 0.306 e. The highest BCUT2D eigenvalue weighted by Crippen LogP contribution is 2.32. The molecule has 4 nitrogen and oxygen atoms in total. The summed E-state index contributed by atoms with van der Waals surface area (Å²) in [5, 5.41) is 9.13. The molecule has 0 radical (unpaired) electrons. The molecule has 1 N–H and O–H groups in total. The lowest BCUT2D eigenvalue weighted by molar-refractivity contribution is -0.145. The second-order valence-electron chi connectivity index (χ2n) is 6.05. The molecule has 120 valence electrons. The van der Waals surface area contributed by atoms with Crippen LogP contribution in [0.3, 0.4) is 0 Å². The van der Waals surface area contributed by atoms with Gasteiger partial charge in [0.2, 0.25) is 5.91 Å². The predicted octanol–water partition coefficient (Wildman–Crippen LogP) is 3.24. The second-order valence-corrected chi connectivity index (χ2v) is 6.05. The van der Waals surface area contributed by atoms with E-state index in [9.17, 15) is 14.0 Å². The third-order valence-electron chi connectivity index (χ3n) is 4.66. The zero-order valence-electron chi connectivity index (χ0n) is 13.0. The highest BCUT2D eigenvalue weighted by Gasteiger charge is 2.33. The Kier molecular flexibility index (Phi) is 5.16. The molecule has 1 aromatic rings. The number of benzene rings is 1. The molecule has 2 rings (SSSR count). The van der Waals surface area contributed by atoms with Gasteiger partial charge in [0.1, 0.15) is 5.82 Å². The van der Waals surface area contributed by atoms with Crippen LogP contribution in [0, 0.1) is 17.7 Å². The van der Waals surface area contributed by atoms with E-state index < -0.39 is 11.9 Å². The Morgan fingerprint density at radius 3 is 2.55 bits per heavy atom. The molecule has 0 saturated heterocycles. The average Bonchev–Trinajstić information content (AvgIpc) is 2.53. The lowest BCUT2D eigenvalue weighted by Gasteiger charge is -2.32. The number of aliphatic carboxylic acids is 1. The average molecular weight is 307 g/mol. The Balaban J connectivity index is 2.08. The van der Waals surface area contributed by atoms with E-state index in [1.54, 1.807) is 32.2 Å². The fourth-order valence-corrected chi connectivity index (χ4v) is 3.14. The van der Waals surface area contributed by atoms with Crippen LogP contribution in [0.15, 0.2) is 24.3 Å². The lowest BCUT2D eigenvalue weighted by atomic mass is 9.80. The topological polar surface area (TPSA) is 57.6 Å². The summed E-state index contributed by atoms with van der Waals surface area (Å²) in [6.45, 7) is 1.79. The van der Waals surface area contributed by atoms with Crippen LogP contribution < -0.4 is 0 Å². The van der Waals surface area contributed by atoms with Crippen molar-refractivity contribution in [2.24, 2.45) is 11.8 Å². The first kappa shape index (κ1) is 16.5. The number of carboxylic acids is 1. The summed E-state index contributed by atoms with van der Waals surface area (Å²) in [4.78, 5) is 25.3. The Morgan fingerprint density at radius 1 is 1.27 bits per heavy atom. The van der Waals surface area contributed by atoms with Crippen molar-refractivity contribution >= 4 is 11.9 Å². The van der Waals surface area contributed by atoms with Crippen LogP contribution in [0.1, 0.15) is 44.2 Å². The Morgan fingerprint density at radius 2 is 1.91 bits per heavy atom. The second kappa shape index (κ2) is 6.90.